The molecule has 5 nitrogen and oxygen atoms in total. The second-order valence-corrected chi connectivity index (χ2v) is 6.91. The summed E-state index contributed by atoms with van der Waals surface area (Å²) in [6.07, 6.45) is -0.304. The number of amides is 1. The molecule has 0 saturated carbocycles. The maximum Gasteiger partial charge on any atom is 0.409 e. The smallest absolute Gasteiger partial charge is 0.409 e. The van der Waals surface area contributed by atoms with Crippen molar-refractivity contribution in [2.24, 2.45) is 5.73 Å². The number of nitrogens with one attached hydrogen (secondary N) is 1. The third-order valence-corrected chi connectivity index (χ3v) is 5.07. The molecule has 0 spiro atoms. The number of rotatable bonds is 9. The van der Waals surface area contributed by atoms with E-state index in [1.165, 1.54) is 4.90 Å². The van der Waals surface area contributed by atoms with Crippen molar-refractivity contribution in [1.82, 2.24) is 10.2 Å². The summed E-state index contributed by atoms with van der Waals surface area (Å²) in [7, 11) is 7.02. The average Bonchev–Trinajstić information content (AvgIpc) is 2.51. The van der Waals surface area contributed by atoms with Crippen LogP contribution in [0.5, 0.6) is 0 Å². The van der Waals surface area contributed by atoms with Crippen LogP contribution in [-0.4, -0.2) is 50.5 Å². The minimum atomic E-state index is -0.304. The molecular formula is C14H23N3O2S2. The highest BCUT2D eigenvalue weighted by atomic mass is 33.1. The average molecular weight is 329 g/mol. The lowest BCUT2D eigenvalue weighted by atomic mass is 10.2. The first-order valence-corrected chi connectivity index (χ1v) is 9.10. The third-order valence-electron chi connectivity index (χ3n) is 2.65. The SMILES string of the molecule is CNCCN(C)C(=O)OCc1ccc(SSCCN)cc1. The van der Waals surface area contributed by atoms with E-state index in [9.17, 15) is 4.79 Å². The van der Waals surface area contributed by atoms with Crippen molar-refractivity contribution in [2.45, 2.75) is 11.5 Å². The predicted octanol–water partition coefficient (Wildman–Crippen LogP) is 2.17. The fourth-order valence-corrected chi connectivity index (χ4v) is 3.27. The van der Waals surface area contributed by atoms with E-state index in [4.69, 9.17) is 10.5 Å². The summed E-state index contributed by atoms with van der Waals surface area (Å²) < 4.78 is 5.26. The van der Waals surface area contributed by atoms with Crippen molar-refractivity contribution in [2.75, 3.05) is 39.5 Å². The van der Waals surface area contributed by atoms with Gasteiger partial charge < -0.3 is 20.7 Å². The van der Waals surface area contributed by atoms with E-state index in [0.29, 0.717) is 19.7 Å². The lowest BCUT2D eigenvalue weighted by molar-refractivity contribution is 0.105. The molecule has 0 bridgehead atoms. The number of carbonyl (C=O) groups excluding carboxylic acids is 1. The van der Waals surface area contributed by atoms with Gasteiger partial charge in [-0.05, 0) is 24.7 Å². The minimum absolute atomic E-state index is 0.295. The summed E-state index contributed by atoms with van der Waals surface area (Å²) in [4.78, 5) is 14.5. The molecule has 0 saturated heterocycles. The topological polar surface area (TPSA) is 67.6 Å². The van der Waals surface area contributed by atoms with Crippen LogP contribution in [0.2, 0.25) is 0 Å². The van der Waals surface area contributed by atoms with Crippen molar-refractivity contribution in [3.05, 3.63) is 29.8 Å². The van der Waals surface area contributed by atoms with Crippen LogP contribution in [0.4, 0.5) is 4.79 Å². The Morgan fingerprint density at radius 1 is 1.38 bits per heavy atom. The van der Waals surface area contributed by atoms with E-state index < -0.39 is 0 Å². The number of hydrogen-bond donors (Lipinski definition) is 2. The number of hydrogen-bond acceptors (Lipinski definition) is 6. The molecule has 118 valence electrons. The summed E-state index contributed by atoms with van der Waals surface area (Å²) >= 11 is 0. The fourth-order valence-electron chi connectivity index (χ4n) is 1.43. The molecule has 1 aromatic rings. The zero-order chi connectivity index (χ0) is 15.5. The highest BCUT2D eigenvalue weighted by molar-refractivity contribution is 8.76. The summed E-state index contributed by atoms with van der Waals surface area (Å²) in [5.74, 6) is 0.934. The van der Waals surface area contributed by atoms with Gasteiger partial charge in [0.25, 0.3) is 0 Å². The van der Waals surface area contributed by atoms with Crippen LogP contribution in [0.25, 0.3) is 0 Å². The van der Waals surface area contributed by atoms with Crippen LogP contribution in [0.15, 0.2) is 29.2 Å². The lowest BCUT2D eigenvalue weighted by Gasteiger charge is -2.16. The van der Waals surface area contributed by atoms with Crippen molar-refractivity contribution in [3.63, 3.8) is 0 Å². The van der Waals surface area contributed by atoms with Gasteiger partial charge in [0.15, 0.2) is 0 Å². The Kier molecular flexibility index (Phi) is 9.32. The van der Waals surface area contributed by atoms with Crippen LogP contribution in [-0.2, 0) is 11.3 Å². The Morgan fingerprint density at radius 3 is 2.71 bits per heavy atom. The van der Waals surface area contributed by atoms with Crippen LogP contribution in [0.1, 0.15) is 5.56 Å². The van der Waals surface area contributed by atoms with E-state index in [-0.39, 0.29) is 6.09 Å². The molecular weight excluding hydrogens is 306 g/mol. The van der Waals surface area contributed by atoms with Crippen molar-refractivity contribution < 1.29 is 9.53 Å². The molecule has 7 heteroatoms. The summed E-state index contributed by atoms with van der Waals surface area (Å²) in [5.41, 5.74) is 6.43. The molecule has 0 atom stereocenters. The van der Waals surface area contributed by atoms with E-state index in [1.54, 1.807) is 33.5 Å². The maximum atomic E-state index is 11.7. The molecule has 0 unspecified atom stereocenters. The molecule has 0 aliphatic heterocycles. The molecule has 0 fully saturated rings. The first-order valence-electron chi connectivity index (χ1n) is 6.78. The van der Waals surface area contributed by atoms with Crippen LogP contribution in [0, 0.1) is 0 Å². The number of likely N-dealkylation sites (N-methyl/N-ethyl adjacent to an activating group) is 2. The molecule has 0 heterocycles. The van der Waals surface area contributed by atoms with Gasteiger partial charge in [0, 0.05) is 37.3 Å². The second kappa shape index (κ2) is 10.8. The second-order valence-electron chi connectivity index (χ2n) is 4.42. The number of nitrogens with two attached hydrogens (primary N) is 1. The third kappa shape index (κ3) is 7.61. The normalized spacial score (nSPS) is 10.4. The maximum absolute atomic E-state index is 11.7. The molecule has 0 aromatic heterocycles. The van der Waals surface area contributed by atoms with Crippen molar-refractivity contribution >= 4 is 27.7 Å². The van der Waals surface area contributed by atoms with Crippen LogP contribution in [0.3, 0.4) is 0 Å². The van der Waals surface area contributed by atoms with Gasteiger partial charge in [0.05, 0.1) is 0 Å². The van der Waals surface area contributed by atoms with Crippen LogP contribution >= 0.6 is 21.6 Å². The molecule has 0 radical (unpaired) electrons. The van der Waals surface area contributed by atoms with Crippen molar-refractivity contribution in [3.8, 4) is 0 Å². The van der Waals surface area contributed by atoms with Gasteiger partial charge in [-0.2, -0.15) is 0 Å². The highest BCUT2D eigenvalue weighted by Gasteiger charge is 2.09. The van der Waals surface area contributed by atoms with Gasteiger partial charge in [-0.1, -0.05) is 33.7 Å². The number of nitrogens with zero attached hydrogens (tertiary/aromatic N) is 1. The minimum Gasteiger partial charge on any atom is -0.445 e. The summed E-state index contributed by atoms with van der Waals surface area (Å²) in [5, 5.41) is 2.99. The van der Waals surface area contributed by atoms with E-state index >= 15 is 0 Å². The van der Waals surface area contributed by atoms with Crippen LogP contribution < -0.4 is 11.1 Å². The fraction of sp³-hybridized carbons (Fsp3) is 0.500. The Hall–Kier alpha value is -0.890. The standard InChI is InChI=1S/C14H23N3O2S2/c1-16-8-9-17(2)14(18)19-11-12-3-5-13(6-4-12)21-20-10-7-15/h3-6,16H,7-11,15H2,1-2H3. The zero-order valence-electron chi connectivity index (χ0n) is 12.5. The predicted molar refractivity (Wildman–Crippen MR) is 90.6 cm³/mol. The first-order chi connectivity index (χ1) is 10.2. The van der Waals surface area contributed by atoms with E-state index in [0.717, 1.165) is 17.9 Å². The highest BCUT2D eigenvalue weighted by Crippen LogP contribution is 2.30. The summed E-state index contributed by atoms with van der Waals surface area (Å²) in [6.45, 7) is 2.36. The molecule has 0 aliphatic carbocycles. The van der Waals surface area contributed by atoms with Gasteiger partial charge in [-0.3, -0.25) is 0 Å². The van der Waals surface area contributed by atoms with Gasteiger partial charge in [-0.25, -0.2) is 4.79 Å². The van der Waals surface area contributed by atoms with Gasteiger partial charge >= 0.3 is 6.09 Å². The molecule has 1 amide bonds. The van der Waals surface area contributed by atoms with E-state index in [1.807, 2.05) is 31.3 Å². The molecule has 21 heavy (non-hydrogen) atoms. The first kappa shape index (κ1) is 18.2. The number of benzene rings is 1. The lowest BCUT2D eigenvalue weighted by Crippen LogP contribution is -2.33. The largest absolute Gasteiger partial charge is 0.445 e. The van der Waals surface area contributed by atoms with Gasteiger partial charge in [-0.15, -0.1) is 0 Å². The van der Waals surface area contributed by atoms with Gasteiger partial charge in [0.2, 0.25) is 0 Å². The quantitative estimate of drug-likeness (QED) is 0.535. The van der Waals surface area contributed by atoms with E-state index in [2.05, 4.69) is 5.32 Å². The Balaban J connectivity index is 2.33. The number of carbonyl (C=O) groups is 1. The van der Waals surface area contributed by atoms with Crippen molar-refractivity contribution in [1.29, 1.82) is 0 Å². The molecule has 1 rings (SSSR count). The summed E-state index contributed by atoms with van der Waals surface area (Å²) in [6, 6.07) is 8.02. The number of ether oxygens (including phenoxy) is 1. The molecule has 3 N–H and O–H groups in total. The molecule has 0 aliphatic rings. The van der Waals surface area contributed by atoms with Gasteiger partial charge in [0.1, 0.15) is 6.61 Å². The monoisotopic (exact) mass is 329 g/mol. The molecule has 1 aromatic carbocycles. The Bertz CT molecular complexity index is 415. The Morgan fingerprint density at radius 2 is 2.10 bits per heavy atom. The Labute approximate surface area is 134 Å². The zero-order valence-corrected chi connectivity index (χ0v) is 14.1.